The second kappa shape index (κ2) is 5.49. The molecule has 0 aliphatic heterocycles. The minimum Gasteiger partial charge on any atom is -0.321 e. The van der Waals surface area contributed by atoms with Crippen LogP contribution >= 0.6 is 11.3 Å². The van der Waals surface area contributed by atoms with Gasteiger partial charge in [0.1, 0.15) is 10.7 Å². The van der Waals surface area contributed by atoms with E-state index in [-0.39, 0.29) is 11.8 Å². The van der Waals surface area contributed by atoms with E-state index in [2.05, 4.69) is 34.3 Å². The fraction of sp³-hybridized carbons (Fsp3) is 0.333. The van der Waals surface area contributed by atoms with Gasteiger partial charge in [-0.1, -0.05) is 25.2 Å². The highest BCUT2D eigenvalue weighted by molar-refractivity contribution is 7.19. The minimum absolute atomic E-state index is 0.131. The molecule has 3 heterocycles. The molecule has 6 nitrogen and oxygen atoms in total. The monoisotopic (exact) mass is 315 g/mol. The molecule has 3 rings (SSSR count). The van der Waals surface area contributed by atoms with Crippen molar-refractivity contribution in [3.05, 3.63) is 40.4 Å². The highest BCUT2D eigenvalue weighted by Gasteiger charge is 2.21. The Hall–Kier alpha value is -2.28. The molecule has 0 saturated carbocycles. The zero-order chi connectivity index (χ0) is 15.9. The van der Waals surface area contributed by atoms with E-state index in [0.717, 1.165) is 27.9 Å². The topological polar surface area (TPSA) is 72.2 Å². The molecule has 1 N–H and O–H groups in total. The highest BCUT2D eigenvalue weighted by atomic mass is 32.1. The molecule has 0 aliphatic rings. The van der Waals surface area contributed by atoms with Crippen molar-refractivity contribution in [1.82, 2.24) is 19.6 Å². The summed E-state index contributed by atoms with van der Waals surface area (Å²) in [6.45, 7) is 7.94. The van der Waals surface area contributed by atoms with Crippen LogP contribution in [0.15, 0.2) is 18.3 Å². The van der Waals surface area contributed by atoms with Gasteiger partial charge in [0.25, 0.3) is 5.91 Å². The molecule has 3 aromatic rings. The molecule has 0 unspecified atom stereocenters. The Morgan fingerprint density at radius 3 is 2.77 bits per heavy atom. The van der Waals surface area contributed by atoms with Gasteiger partial charge in [-0.3, -0.25) is 14.2 Å². The summed E-state index contributed by atoms with van der Waals surface area (Å²) in [7, 11) is 0. The van der Waals surface area contributed by atoms with Gasteiger partial charge in [-0.15, -0.1) is 10.2 Å². The Morgan fingerprint density at radius 2 is 2.09 bits per heavy atom. The normalized spacial score (nSPS) is 11.3. The van der Waals surface area contributed by atoms with Crippen molar-refractivity contribution < 1.29 is 4.79 Å². The van der Waals surface area contributed by atoms with Crippen LogP contribution in [0.2, 0.25) is 0 Å². The van der Waals surface area contributed by atoms with E-state index < -0.39 is 0 Å². The first-order valence-corrected chi connectivity index (χ1v) is 7.87. The van der Waals surface area contributed by atoms with Gasteiger partial charge in [-0.2, -0.15) is 0 Å². The molecule has 22 heavy (non-hydrogen) atoms. The quantitative estimate of drug-likeness (QED) is 0.805. The van der Waals surface area contributed by atoms with Gasteiger partial charge < -0.3 is 5.32 Å². The average Bonchev–Trinajstić information content (AvgIpc) is 2.99. The van der Waals surface area contributed by atoms with Gasteiger partial charge in [0.2, 0.25) is 4.96 Å². The van der Waals surface area contributed by atoms with Gasteiger partial charge in [-0.05, 0) is 26.0 Å². The molecule has 0 aromatic carbocycles. The second-order valence-corrected chi connectivity index (χ2v) is 6.47. The van der Waals surface area contributed by atoms with Crippen molar-refractivity contribution in [3.8, 4) is 0 Å². The van der Waals surface area contributed by atoms with Crippen molar-refractivity contribution in [2.45, 2.75) is 33.6 Å². The average molecular weight is 315 g/mol. The Balaban J connectivity index is 1.96. The summed E-state index contributed by atoms with van der Waals surface area (Å²) in [4.78, 5) is 18.0. The third-order valence-corrected chi connectivity index (χ3v) is 4.52. The number of amides is 1. The van der Waals surface area contributed by atoms with Gasteiger partial charge in [0.05, 0.1) is 0 Å². The van der Waals surface area contributed by atoms with Gasteiger partial charge >= 0.3 is 0 Å². The highest BCUT2D eigenvalue weighted by Crippen LogP contribution is 2.26. The Labute approximate surface area is 132 Å². The third kappa shape index (κ3) is 2.48. The smallest absolute Gasteiger partial charge is 0.267 e. The van der Waals surface area contributed by atoms with E-state index in [1.165, 1.54) is 11.3 Å². The number of fused-ring (bicyclic) bond motifs is 1. The number of hydrogen-bond acceptors (Lipinski definition) is 5. The number of hydrogen-bond donors (Lipinski definition) is 1. The Kier molecular flexibility index (Phi) is 3.66. The summed E-state index contributed by atoms with van der Waals surface area (Å²) >= 11 is 1.36. The molecule has 7 heteroatoms. The maximum absolute atomic E-state index is 12.5. The molecular formula is C15H17N5OS. The number of pyridine rings is 1. The van der Waals surface area contributed by atoms with E-state index in [0.29, 0.717) is 4.88 Å². The first-order chi connectivity index (χ1) is 10.5. The van der Waals surface area contributed by atoms with Crippen LogP contribution in [-0.4, -0.2) is 25.5 Å². The summed E-state index contributed by atoms with van der Waals surface area (Å²) in [5.74, 6) is 0.998. The van der Waals surface area contributed by atoms with E-state index in [4.69, 9.17) is 0 Å². The predicted octanol–water partition coefficient (Wildman–Crippen LogP) is 3.18. The zero-order valence-corrected chi connectivity index (χ0v) is 13.7. The number of thiazole rings is 1. The van der Waals surface area contributed by atoms with Crippen LogP contribution in [-0.2, 0) is 0 Å². The van der Waals surface area contributed by atoms with Crippen LogP contribution in [0.1, 0.15) is 46.6 Å². The number of carbonyl (C=O) groups is 1. The summed E-state index contributed by atoms with van der Waals surface area (Å²) in [5, 5.41) is 11.3. The molecule has 0 spiro atoms. The lowest BCUT2D eigenvalue weighted by Gasteiger charge is -2.06. The molecule has 114 valence electrons. The maximum atomic E-state index is 12.5. The molecule has 0 atom stereocenters. The van der Waals surface area contributed by atoms with Crippen LogP contribution in [0.25, 0.3) is 4.96 Å². The van der Waals surface area contributed by atoms with Crippen LogP contribution in [0.4, 0.5) is 5.69 Å². The predicted molar refractivity (Wildman–Crippen MR) is 86.6 cm³/mol. The van der Waals surface area contributed by atoms with Crippen molar-refractivity contribution >= 4 is 27.9 Å². The molecule has 0 saturated heterocycles. The molecule has 3 aromatic heterocycles. The van der Waals surface area contributed by atoms with E-state index in [1.807, 2.05) is 24.3 Å². The number of nitrogens with zero attached hydrogens (tertiary/aromatic N) is 4. The number of carbonyl (C=O) groups excluding carboxylic acids is 1. The summed E-state index contributed by atoms with van der Waals surface area (Å²) < 4.78 is 1.96. The van der Waals surface area contributed by atoms with Crippen molar-refractivity contribution in [2.75, 3.05) is 5.32 Å². The van der Waals surface area contributed by atoms with Gasteiger partial charge in [-0.25, -0.2) is 0 Å². The molecule has 0 bridgehead atoms. The Morgan fingerprint density at radius 1 is 1.32 bits per heavy atom. The zero-order valence-electron chi connectivity index (χ0n) is 12.9. The Bertz CT molecular complexity index is 849. The number of aryl methyl sites for hydroxylation is 2. The summed E-state index contributed by atoms with van der Waals surface area (Å²) in [6.07, 6.45) is 1.68. The van der Waals surface area contributed by atoms with Gasteiger partial charge in [0.15, 0.2) is 0 Å². The second-order valence-electron chi connectivity index (χ2n) is 5.49. The molecule has 1 amide bonds. The fourth-order valence-electron chi connectivity index (χ4n) is 2.32. The fourth-order valence-corrected chi connectivity index (χ4v) is 3.29. The van der Waals surface area contributed by atoms with Crippen molar-refractivity contribution in [1.29, 1.82) is 0 Å². The largest absolute Gasteiger partial charge is 0.321 e. The number of rotatable bonds is 3. The summed E-state index contributed by atoms with van der Waals surface area (Å²) in [6, 6.07) is 3.62. The standard InChI is InChI=1S/C15H17N5OS/c1-8(2)13-18-19-15-20(13)10(4)12(22-15)14(21)17-11-5-6-16-9(3)7-11/h5-8H,1-4H3,(H,16,17,21). The van der Waals surface area contributed by atoms with Crippen molar-refractivity contribution in [3.63, 3.8) is 0 Å². The lowest BCUT2D eigenvalue weighted by atomic mass is 10.2. The van der Waals surface area contributed by atoms with Crippen LogP contribution in [0, 0.1) is 13.8 Å². The van der Waals surface area contributed by atoms with Crippen LogP contribution in [0.3, 0.4) is 0 Å². The molecule has 0 aliphatic carbocycles. The lowest BCUT2D eigenvalue weighted by molar-refractivity contribution is 0.102. The van der Waals surface area contributed by atoms with E-state index in [1.54, 1.807) is 12.3 Å². The first-order valence-electron chi connectivity index (χ1n) is 7.05. The van der Waals surface area contributed by atoms with Gasteiger partial charge in [0, 0.05) is 29.2 Å². The summed E-state index contributed by atoms with van der Waals surface area (Å²) in [5.41, 5.74) is 2.48. The van der Waals surface area contributed by atoms with E-state index in [9.17, 15) is 4.79 Å². The van der Waals surface area contributed by atoms with E-state index >= 15 is 0 Å². The third-order valence-electron chi connectivity index (χ3n) is 3.39. The van der Waals surface area contributed by atoms with Crippen LogP contribution in [0.5, 0.6) is 0 Å². The van der Waals surface area contributed by atoms with Crippen molar-refractivity contribution in [2.24, 2.45) is 0 Å². The number of anilines is 1. The molecule has 0 radical (unpaired) electrons. The minimum atomic E-state index is -0.131. The number of aromatic nitrogens is 4. The maximum Gasteiger partial charge on any atom is 0.267 e. The number of nitrogens with one attached hydrogen (secondary N) is 1. The lowest BCUT2D eigenvalue weighted by Crippen LogP contribution is -2.12. The molecule has 0 fully saturated rings. The molecular weight excluding hydrogens is 298 g/mol. The van der Waals surface area contributed by atoms with Crippen LogP contribution < -0.4 is 5.32 Å². The first kappa shape index (κ1) is 14.6. The SMILES string of the molecule is Cc1cc(NC(=O)c2sc3nnc(C(C)C)n3c2C)ccn1.